The van der Waals surface area contributed by atoms with E-state index in [-0.39, 0.29) is 30.7 Å². The Morgan fingerprint density at radius 2 is 1.84 bits per heavy atom. The standard InChI is InChI=1S/C18H23N3O2.2ClH/c1-13-9-16(18(22)21-8-7-19-3)10-14(2)17(13)23-12-15-5-4-6-20-11-15;;/h4-6,9-11,19H,7-8,12H2,1-3H3,(H,21,22);2*1H. The molecule has 0 atom stereocenters. The third-order valence-electron chi connectivity index (χ3n) is 3.49. The number of ether oxygens (including phenoxy) is 1. The molecule has 2 rings (SSSR count). The molecule has 0 bridgehead atoms. The molecular weight excluding hydrogens is 361 g/mol. The van der Waals surface area contributed by atoms with Gasteiger partial charge in [0.15, 0.2) is 0 Å². The van der Waals surface area contributed by atoms with Crippen molar-refractivity contribution in [3.8, 4) is 5.75 Å². The summed E-state index contributed by atoms with van der Waals surface area (Å²) in [6.07, 6.45) is 3.52. The molecule has 0 aliphatic carbocycles. The van der Waals surface area contributed by atoms with E-state index in [2.05, 4.69) is 15.6 Å². The Morgan fingerprint density at radius 1 is 1.16 bits per heavy atom. The summed E-state index contributed by atoms with van der Waals surface area (Å²) >= 11 is 0. The quantitative estimate of drug-likeness (QED) is 0.718. The van der Waals surface area contributed by atoms with Gasteiger partial charge in [-0.25, -0.2) is 0 Å². The second-order valence-electron chi connectivity index (χ2n) is 5.45. The molecule has 1 amide bonds. The van der Waals surface area contributed by atoms with Crippen molar-refractivity contribution in [2.45, 2.75) is 20.5 Å². The summed E-state index contributed by atoms with van der Waals surface area (Å²) in [5.74, 6) is 0.755. The van der Waals surface area contributed by atoms with Gasteiger partial charge in [0.2, 0.25) is 0 Å². The summed E-state index contributed by atoms with van der Waals surface area (Å²) in [6, 6.07) is 7.58. The number of aryl methyl sites for hydroxylation is 2. The van der Waals surface area contributed by atoms with Crippen LogP contribution in [0.2, 0.25) is 0 Å². The third-order valence-corrected chi connectivity index (χ3v) is 3.49. The number of rotatable bonds is 7. The molecule has 2 aromatic rings. The molecule has 0 saturated carbocycles. The topological polar surface area (TPSA) is 63.2 Å². The number of nitrogens with zero attached hydrogens (tertiary/aromatic N) is 1. The number of hydrogen-bond acceptors (Lipinski definition) is 4. The van der Waals surface area contributed by atoms with Gasteiger partial charge >= 0.3 is 0 Å². The zero-order valence-electron chi connectivity index (χ0n) is 14.7. The van der Waals surface area contributed by atoms with Crippen LogP contribution >= 0.6 is 24.8 Å². The van der Waals surface area contributed by atoms with Crippen molar-refractivity contribution in [3.63, 3.8) is 0 Å². The molecule has 1 aromatic carbocycles. The van der Waals surface area contributed by atoms with Crippen LogP contribution in [0.3, 0.4) is 0 Å². The first-order valence-corrected chi connectivity index (χ1v) is 7.67. The maximum Gasteiger partial charge on any atom is 0.251 e. The largest absolute Gasteiger partial charge is 0.488 e. The van der Waals surface area contributed by atoms with E-state index in [0.29, 0.717) is 18.7 Å². The first-order chi connectivity index (χ1) is 11.1. The van der Waals surface area contributed by atoms with Gasteiger partial charge < -0.3 is 15.4 Å². The van der Waals surface area contributed by atoms with E-state index in [1.807, 2.05) is 45.2 Å². The number of halogens is 2. The normalized spacial score (nSPS) is 9.56. The molecule has 5 nitrogen and oxygen atoms in total. The van der Waals surface area contributed by atoms with Crippen molar-refractivity contribution in [3.05, 3.63) is 58.9 Å². The predicted octanol–water partition coefficient (Wildman–Crippen LogP) is 3.07. The lowest BCUT2D eigenvalue weighted by Gasteiger charge is -2.14. The Bertz CT molecular complexity index is 644. The summed E-state index contributed by atoms with van der Waals surface area (Å²) in [7, 11) is 1.86. The van der Waals surface area contributed by atoms with Crippen LogP contribution in [0.5, 0.6) is 5.75 Å². The van der Waals surface area contributed by atoms with Gasteiger partial charge in [-0.3, -0.25) is 9.78 Å². The van der Waals surface area contributed by atoms with Gasteiger partial charge in [-0.2, -0.15) is 0 Å². The highest BCUT2D eigenvalue weighted by atomic mass is 35.5. The van der Waals surface area contributed by atoms with Crippen molar-refractivity contribution >= 4 is 30.7 Å². The van der Waals surface area contributed by atoms with Crippen molar-refractivity contribution in [2.24, 2.45) is 0 Å². The first kappa shape index (κ1) is 23.2. The summed E-state index contributed by atoms with van der Waals surface area (Å²) in [5, 5.41) is 5.88. The Kier molecular flexibility index (Phi) is 10.8. The molecule has 0 aliphatic heterocycles. The van der Waals surface area contributed by atoms with E-state index in [4.69, 9.17) is 4.74 Å². The summed E-state index contributed by atoms with van der Waals surface area (Å²) < 4.78 is 5.91. The number of amides is 1. The average molecular weight is 386 g/mol. The Balaban J connectivity index is 0.00000288. The van der Waals surface area contributed by atoms with Crippen molar-refractivity contribution in [1.29, 1.82) is 0 Å². The maximum atomic E-state index is 12.1. The predicted molar refractivity (Wildman–Crippen MR) is 105 cm³/mol. The molecule has 0 fully saturated rings. The number of benzene rings is 1. The fourth-order valence-electron chi connectivity index (χ4n) is 2.35. The van der Waals surface area contributed by atoms with E-state index < -0.39 is 0 Å². The third kappa shape index (κ3) is 6.90. The fourth-order valence-corrected chi connectivity index (χ4v) is 2.35. The van der Waals surface area contributed by atoms with Crippen molar-refractivity contribution in [1.82, 2.24) is 15.6 Å². The van der Waals surface area contributed by atoms with Gasteiger partial charge in [0.05, 0.1) is 0 Å². The average Bonchev–Trinajstić information content (AvgIpc) is 2.55. The van der Waals surface area contributed by atoms with Crippen LogP contribution in [0.25, 0.3) is 0 Å². The second-order valence-corrected chi connectivity index (χ2v) is 5.45. The SMILES string of the molecule is CNCCNC(=O)c1cc(C)c(OCc2cccnc2)c(C)c1.Cl.Cl. The maximum absolute atomic E-state index is 12.1. The minimum absolute atomic E-state index is 0. The van der Waals surface area contributed by atoms with Gasteiger partial charge in [-0.05, 0) is 50.2 Å². The van der Waals surface area contributed by atoms with E-state index in [9.17, 15) is 4.79 Å². The lowest BCUT2D eigenvalue weighted by molar-refractivity contribution is 0.0954. The molecule has 138 valence electrons. The number of likely N-dealkylation sites (N-methyl/N-ethyl adjacent to an activating group) is 1. The second kappa shape index (κ2) is 11.7. The van der Waals surface area contributed by atoms with Gasteiger partial charge in [0.1, 0.15) is 12.4 Å². The van der Waals surface area contributed by atoms with E-state index in [1.54, 1.807) is 12.4 Å². The molecule has 2 N–H and O–H groups in total. The lowest BCUT2D eigenvalue weighted by Crippen LogP contribution is -2.30. The number of carbonyl (C=O) groups excluding carboxylic acids is 1. The van der Waals surface area contributed by atoms with Gasteiger partial charge in [0, 0.05) is 36.6 Å². The highest BCUT2D eigenvalue weighted by Gasteiger charge is 2.11. The molecule has 0 spiro atoms. The van der Waals surface area contributed by atoms with Crippen LogP contribution in [-0.2, 0) is 6.61 Å². The smallest absolute Gasteiger partial charge is 0.251 e. The van der Waals surface area contributed by atoms with E-state index in [0.717, 1.165) is 29.0 Å². The number of pyridine rings is 1. The molecule has 7 heteroatoms. The highest BCUT2D eigenvalue weighted by Crippen LogP contribution is 2.25. The summed E-state index contributed by atoms with van der Waals surface area (Å²) in [6.45, 7) is 5.72. The Labute approximate surface area is 161 Å². The molecule has 1 heterocycles. The monoisotopic (exact) mass is 385 g/mol. The minimum Gasteiger partial charge on any atom is -0.488 e. The number of aromatic nitrogens is 1. The fraction of sp³-hybridized carbons (Fsp3) is 0.333. The van der Waals surface area contributed by atoms with Crippen molar-refractivity contribution < 1.29 is 9.53 Å². The zero-order valence-corrected chi connectivity index (χ0v) is 16.3. The van der Waals surface area contributed by atoms with Crippen LogP contribution < -0.4 is 15.4 Å². The molecule has 0 saturated heterocycles. The summed E-state index contributed by atoms with van der Waals surface area (Å²) in [4.78, 5) is 16.2. The summed E-state index contributed by atoms with van der Waals surface area (Å²) in [5.41, 5.74) is 3.57. The van der Waals surface area contributed by atoms with Crippen LogP contribution in [0.1, 0.15) is 27.0 Å². The van der Waals surface area contributed by atoms with Crippen molar-refractivity contribution in [2.75, 3.05) is 20.1 Å². The zero-order chi connectivity index (χ0) is 16.7. The van der Waals surface area contributed by atoms with Crippen LogP contribution in [0.15, 0.2) is 36.7 Å². The van der Waals surface area contributed by atoms with Crippen LogP contribution in [0.4, 0.5) is 0 Å². The number of carbonyl (C=O) groups is 1. The Hall–Kier alpha value is -1.82. The highest BCUT2D eigenvalue weighted by molar-refractivity contribution is 5.94. The molecular formula is C18H25Cl2N3O2. The molecule has 25 heavy (non-hydrogen) atoms. The molecule has 1 aromatic heterocycles. The molecule has 0 aliphatic rings. The first-order valence-electron chi connectivity index (χ1n) is 7.67. The number of nitrogens with one attached hydrogen (secondary N) is 2. The van der Waals surface area contributed by atoms with Crippen LogP contribution in [0, 0.1) is 13.8 Å². The molecule has 0 radical (unpaired) electrons. The molecule has 0 unspecified atom stereocenters. The van der Waals surface area contributed by atoms with E-state index in [1.165, 1.54) is 0 Å². The van der Waals surface area contributed by atoms with Gasteiger partial charge in [0.25, 0.3) is 5.91 Å². The number of hydrogen-bond donors (Lipinski definition) is 2. The Morgan fingerprint density at radius 3 is 2.40 bits per heavy atom. The minimum atomic E-state index is -0.0646. The lowest BCUT2D eigenvalue weighted by atomic mass is 10.0. The van der Waals surface area contributed by atoms with Gasteiger partial charge in [-0.1, -0.05) is 6.07 Å². The van der Waals surface area contributed by atoms with Crippen LogP contribution in [-0.4, -0.2) is 31.0 Å². The van der Waals surface area contributed by atoms with Gasteiger partial charge in [-0.15, -0.1) is 24.8 Å². The van der Waals surface area contributed by atoms with E-state index >= 15 is 0 Å².